The van der Waals surface area contributed by atoms with Crippen molar-refractivity contribution in [3.05, 3.63) is 18.0 Å². The van der Waals surface area contributed by atoms with E-state index in [0.717, 1.165) is 83.1 Å². The van der Waals surface area contributed by atoms with Gasteiger partial charge in [-0.2, -0.15) is 0 Å². The molecule has 7 nitrogen and oxygen atoms in total. The molecule has 25 heavy (non-hydrogen) atoms. The third-order valence-corrected chi connectivity index (χ3v) is 5.31. The lowest BCUT2D eigenvalue weighted by molar-refractivity contribution is -0.133. The van der Waals surface area contributed by atoms with Crippen LogP contribution < -0.4 is 10.2 Å². The number of hydrogen-bond donors (Lipinski definition) is 1. The number of carbonyl (C=O) groups is 1. The summed E-state index contributed by atoms with van der Waals surface area (Å²) >= 11 is 0. The molecule has 0 spiro atoms. The van der Waals surface area contributed by atoms with Crippen LogP contribution in [-0.2, 0) is 16.1 Å². The average Bonchev–Trinajstić information content (AvgIpc) is 3.53. The van der Waals surface area contributed by atoms with E-state index in [9.17, 15) is 4.79 Å². The van der Waals surface area contributed by atoms with E-state index in [0.29, 0.717) is 17.9 Å². The molecule has 2 aliphatic heterocycles. The Hall–Kier alpha value is -1.73. The van der Waals surface area contributed by atoms with Crippen LogP contribution >= 0.6 is 0 Å². The molecule has 3 aliphatic rings. The van der Waals surface area contributed by atoms with Gasteiger partial charge in [-0.1, -0.05) is 0 Å². The molecule has 0 unspecified atom stereocenters. The van der Waals surface area contributed by atoms with Crippen LogP contribution in [0.15, 0.2) is 12.4 Å². The molecule has 0 atom stereocenters. The highest BCUT2D eigenvalue weighted by molar-refractivity contribution is 5.81. The number of anilines is 1. The van der Waals surface area contributed by atoms with Crippen LogP contribution in [0.3, 0.4) is 0 Å². The molecule has 1 saturated carbocycles. The number of morpholine rings is 1. The lowest BCUT2D eigenvalue weighted by Gasteiger charge is -2.32. The fraction of sp³-hybridized carbons (Fsp3) is 0.722. The zero-order valence-electron chi connectivity index (χ0n) is 14.7. The zero-order valence-corrected chi connectivity index (χ0v) is 14.7. The minimum absolute atomic E-state index is 0.339. The van der Waals surface area contributed by atoms with E-state index < -0.39 is 0 Å². The predicted molar refractivity (Wildman–Crippen MR) is 94.2 cm³/mol. The Labute approximate surface area is 148 Å². The molecular weight excluding hydrogens is 318 g/mol. The van der Waals surface area contributed by atoms with Gasteiger partial charge in [0.25, 0.3) is 0 Å². The first-order chi connectivity index (χ1) is 12.3. The van der Waals surface area contributed by atoms with Crippen LogP contribution in [0.5, 0.6) is 0 Å². The molecule has 1 aliphatic carbocycles. The number of nitrogens with one attached hydrogen (secondary N) is 1. The Kier molecular flexibility index (Phi) is 5.12. The highest BCUT2D eigenvalue weighted by Gasteiger charge is 2.34. The zero-order chi connectivity index (χ0) is 17.1. The molecule has 1 aromatic rings. The maximum absolute atomic E-state index is 12.1. The number of ether oxygens (including phenoxy) is 1. The molecule has 4 rings (SSSR count). The lowest BCUT2D eigenvalue weighted by atomic mass is 10.0. The highest BCUT2D eigenvalue weighted by atomic mass is 16.5. The van der Waals surface area contributed by atoms with Crippen LogP contribution in [0.25, 0.3) is 0 Å². The van der Waals surface area contributed by atoms with E-state index in [4.69, 9.17) is 4.74 Å². The largest absolute Gasteiger partial charge is 0.378 e. The van der Waals surface area contributed by atoms with E-state index in [-0.39, 0.29) is 0 Å². The second-order valence-electron chi connectivity index (χ2n) is 7.25. The van der Waals surface area contributed by atoms with Crippen molar-refractivity contribution in [3.63, 3.8) is 0 Å². The summed E-state index contributed by atoms with van der Waals surface area (Å²) in [6, 6.07) is 0.474. The van der Waals surface area contributed by atoms with E-state index in [1.54, 1.807) is 0 Å². The number of aromatic nitrogens is 2. The molecule has 7 heteroatoms. The van der Waals surface area contributed by atoms with Crippen LogP contribution in [-0.4, -0.2) is 66.2 Å². The van der Waals surface area contributed by atoms with Gasteiger partial charge in [-0.25, -0.2) is 9.97 Å². The number of rotatable bonds is 5. The standard InChI is InChI=1S/C18H27N5O2/c24-17(15-1-2-15)22-5-3-16(4-6-22)19-11-14-12-20-18(21-13-14)23-7-9-25-10-8-23/h12-13,15-16,19H,1-11H2. The minimum Gasteiger partial charge on any atom is -0.378 e. The van der Waals surface area contributed by atoms with Crippen molar-refractivity contribution in [1.29, 1.82) is 0 Å². The maximum atomic E-state index is 12.1. The Morgan fingerprint density at radius 2 is 1.76 bits per heavy atom. The first-order valence-electron chi connectivity index (χ1n) is 9.45. The number of hydrogen-bond acceptors (Lipinski definition) is 6. The SMILES string of the molecule is O=C(C1CC1)N1CCC(NCc2cnc(N3CCOCC3)nc2)CC1. The summed E-state index contributed by atoms with van der Waals surface area (Å²) in [5, 5.41) is 3.59. The van der Waals surface area contributed by atoms with E-state index >= 15 is 0 Å². The maximum Gasteiger partial charge on any atom is 0.225 e. The van der Waals surface area contributed by atoms with Gasteiger partial charge in [0.1, 0.15) is 0 Å². The van der Waals surface area contributed by atoms with E-state index in [1.165, 1.54) is 0 Å². The van der Waals surface area contributed by atoms with Crippen LogP contribution in [0, 0.1) is 5.92 Å². The monoisotopic (exact) mass is 345 g/mol. The van der Waals surface area contributed by atoms with Crippen molar-refractivity contribution in [2.24, 2.45) is 5.92 Å². The normalized spacial score (nSPS) is 22.2. The number of amides is 1. The summed E-state index contributed by atoms with van der Waals surface area (Å²) < 4.78 is 5.36. The van der Waals surface area contributed by atoms with Gasteiger partial charge in [-0.3, -0.25) is 4.79 Å². The van der Waals surface area contributed by atoms with Crippen LogP contribution in [0.2, 0.25) is 0 Å². The topological polar surface area (TPSA) is 70.6 Å². The van der Waals surface area contributed by atoms with E-state index in [2.05, 4.69) is 25.1 Å². The summed E-state index contributed by atoms with van der Waals surface area (Å²) in [5.74, 6) is 1.51. The molecule has 1 aromatic heterocycles. The van der Waals surface area contributed by atoms with Gasteiger partial charge in [0.15, 0.2) is 0 Å². The Balaban J connectivity index is 1.21. The fourth-order valence-electron chi connectivity index (χ4n) is 3.52. The van der Waals surface area contributed by atoms with Gasteiger partial charge in [0.2, 0.25) is 11.9 Å². The highest BCUT2D eigenvalue weighted by Crippen LogP contribution is 2.31. The summed E-state index contributed by atoms with van der Waals surface area (Å²) in [7, 11) is 0. The molecule has 1 amide bonds. The predicted octanol–water partition coefficient (Wildman–Crippen LogP) is 0.804. The second-order valence-corrected chi connectivity index (χ2v) is 7.25. The third kappa shape index (κ3) is 4.27. The van der Waals surface area contributed by atoms with Gasteiger partial charge in [-0.15, -0.1) is 0 Å². The molecule has 2 saturated heterocycles. The van der Waals surface area contributed by atoms with Gasteiger partial charge in [0, 0.05) is 62.6 Å². The van der Waals surface area contributed by atoms with Crippen LogP contribution in [0.1, 0.15) is 31.2 Å². The van der Waals surface area contributed by atoms with Crippen LogP contribution in [0.4, 0.5) is 5.95 Å². The number of carbonyl (C=O) groups excluding carboxylic acids is 1. The quantitative estimate of drug-likeness (QED) is 0.851. The Morgan fingerprint density at radius 3 is 2.40 bits per heavy atom. The van der Waals surface area contributed by atoms with Crippen molar-refractivity contribution >= 4 is 11.9 Å². The molecule has 3 fully saturated rings. The molecular formula is C18H27N5O2. The van der Waals surface area contributed by atoms with Gasteiger partial charge in [-0.05, 0) is 25.7 Å². The molecule has 0 bridgehead atoms. The molecule has 3 heterocycles. The first kappa shape index (κ1) is 16.7. The fourth-order valence-corrected chi connectivity index (χ4v) is 3.52. The molecule has 1 N–H and O–H groups in total. The number of nitrogens with zero attached hydrogens (tertiary/aromatic N) is 4. The lowest BCUT2D eigenvalue weighted by Crippen LogP contribution is -2.45. The second kappa shape index (κ2) is 7.66. The number of piperidine rings is 1. The summed E-state index contributed by atoms with van der Waals surface area (Å²) in [5.41, 5.74) is 1.11. The summed E-state index contributed by atoms with van der Waals surface area (Å²) in [6.45, 7) is 5.76. The third-order valence-electron chi connectivity index (χ3n) is 5.31. The summed E-state index contributed by atoms with van der Waals surface area (Å²) in [4.78, 5) is 25.3. The molecule has 0 aromatic carbocycles. The van der Waals surface area contributed by atoms with Crippen molar-refractivity contribution in [1.82, 2.24) is 20.2 Å². The van der Waals surface area contributed by atoms with Crippen molar-refractivity contribution in [3.8, 4) is 0 Å². The number of likely N-dealkylation sites (tertiary alicyclic amines) is 1. The summed E-state index contributed by atoms with van der Waals surface area (Å²) in [6.07, 6.45) is 8.08. The van der Waals surface area contributed by atoms with Gasteiger partial charge >= 0.3 is 0 Å². The molecule has 0 radical (unpaired) electrons. The minimum atomic E-state index is 0.339. The van der Waals surface area contributed by atoms with Crippen molar-refractivity contribution < 1.29 is 9.53 Å². The van der Waals surface area contributed by atoms with Crippen molar-refractivity contribution in [2.45, 2.75) is 38.3 Å². The average molecular weight is 345 g/mol. The molecule has 136 valence electrons. The van der Waals surface area contributed by atoms with Crippen molar-refractivity contribution in [2.75, 3.05) is 44.3 Å². The Morgan fingerprint density at radius 1 is 1.08 bits per heavy atom. The van der Waals surface area contributed by atoms with Gasteiger partial charge < -0.3 is 19.9 Å². The van der Waals surface area contributed by atoms with Gasteiger partial charge in [0.05, 0.1) is 13.2 Å². The smallest absolute Gasteiger partial charge is 0.225 e. The Bertz CT molecular complexity index is 576. The first-order valence-corrected chi connectivity index (χ1v) is 9.45. The van der Waals surface area contributed by atoms with E-state index in [1.807, 2.05) is 12.4 Å².